The molecule has 1 aromatic carbocycles. The van der Waals surface area contributed by atoms with E-state index in [9.17, 15) is 24.0 Å². The van der Waals surface area contributed by atoms with Gasteiger partial charge in [0.05, 0.1) is 12.6 Å². The second-order valence-corrected chi connectivity index (χ2v) is 10.2. The van der Waals surface area contributed by atoms with Gasteiger partial charge in [0.15, 0.2) is 0 Å². The van der Waals surface area contributed by atoms with Crippen molar-refractivity contribution in [3.05, 3.63) is 33.4 Å². The standard InChI is InChI=1S/C21H27IN4O5S2/c22-14-6-4-5-13(9-14)19(29)25-11-17(27)24-7-2-1-3-8-26-18(28)10-16(20(26)30)33-21(31)15(23)12-32/h4-6,9,15-16,32H,1-3,7-8,10-12,23H2,(H,24,27)(H,25,29)/t15-,16?/m0/s1/i22-2. The molecule has 1 saturated heterocycles. The topological polar surface area (TPSA) is 139 Å². The first-order valence-electron chi connectivity index (χ1n) is 10.4. The Bertz CT molecular complexity index is 901. The minimum Gasteiger partial charge on any atom is -0.355 e. The quantitative estimate of drug-likeness (QED) is 0.121. The maximum atomic E-state index is 12.4. The summed E-state index contributed by atoms with van der Waals surface area (Å²) in [4.78, 5) is 61.5. The normalized spacial score (nSPS) is 16.6. The highest BCUT2D eigenvalue weighted by atomic mass is 125. The van der Waals surface area contributed by atoms with Crippen LogP contribution in [0.3, 0.4) is 0 Å². The number of hydrogen-bond donors (Lipinski definition) is 4. The number of halogens is 1. The molecule has 1 aliphatic rings. The van der Waals surface area contributed by atoms with Crippen molar-refractivity contribution in [2.75, 3.05) is 25.4 Å². The molecule has 1 aliphatic heterocycles. The zero-order valence-corrected chi connectivity index (χ0v) is 21.8. The fourth-order valence-electron chi connectivity index (χ4n) is 3.04. The Labute approximate surface area is 215 Å². The number of nitrogens with zero attached hydrogens (tertiary/aromatic N) is 1. The van der Waals surface area contributed by atoms with Crippen molar-refractivity contribution >= 4 is 75.7 Å². The predicted molar refractivity (Wildman–Crippen MR) is 138 cm³/mol. The van der Waals surface area contributed by atoms with Crippen LogP contribution in [0, 0.1) is 3.57 Å². The largest absolute Gasteiger partial charge is 0.355 e. The van der Waals surface area contributed by atoms with Crippen molar-refractivity contribution < 1.29 is 24.0 Å². The molecule has 9 nitrogen and oxygen atoms in total. The van der Waals surface area contributed by atoms with Crippen LogP contribution in [0.4, 0.5) is 0 Å². The average Bonchev–Trinajstić information content (AvgIpc) is 3.06. The van der Waals surface area contributed by atoms with Crippen LogP contribution >= 0.6 is 47.0 Å². The summed E-state index contributed by atoms with van der Waals surface area (Å²) >= 11 is 6.89. The first kappa shape index (κ1) is 27.6. The summed E-state index contributed by atoms with van der Waals surface area (Å²) in [6.07, 6.45) is 1.96. The van der Waals surface area contributed by atoms with Gasteiger partial charge in [-0.05, 0) is 60.1 Å². The lowest BCUT2D eigenvalue weighted by Crippen LogP contribution is -2.37. The Morgan fingerprint density at radius 3 is 2.67 bits per heavy atom. The summed E-state index contributed by atoms with van der Waals surface area (Å²) in [5.74, 6) is -1.07. The van der Waals surface area contributed by atoms with E-state index in [-0.39, 0.29) is 54.0 Å². The number of imide groups is 1. The number of thiol groups is 1. The molecule has 4 N–H and O–H groups in total. The van der Waals surface area contributed by atoms with Gasteiger partial charge >= 0.3 is 0 Å². The molecule has 0 radical (unpaired) electrons. The summed E-state index contributed by atoms with van der Waals surface area (Å²) in [7, 11) is 0. The monoisotopic (exact) mass is 604 g/mol. The van der Waals surface area contributed by atoms with Gasteiger partial charge < -0.3 is 16.4 Å². The molecule has 33 heavy (non-hydrogen) atoms. The van der Waals surface area contributed by atoms with E-state index >= 15 is 0 Å². The van der Waals surface area contributed by atoms with E-state index in [4.69, 9.17) is 5.73 Å². The molecule has 0 aromatic heterocycles. The molecule has 2 atom stereocenters. The minimum absolute atomic E-state index is 0.00155. The van der Waals surface area contributed by atoms with Gasteiger partial charge in [-0.15, -0.1) is 0 Å². The predicted octanol–water partition coefficient (Wildman–Crippen LogP) is 0.952. The molecule has 0 bridgehead atoms. The third kappa shape index (κ3) is 8.91. The minimum atomic E-state index is -0.763. The van der Waals surface area contributed by atoms with E-state index in [1.807, 2.05) is 6.07 Å². The second-order valence-electron chi connectivity index (χ2n) is 7.41. The Hall–Kier alpha value is -1.64. The number of carbonyl (C=O) groups excluding carboxylic acids is 5. The average molecular weight is 605 g/mol. The lowest BCUT2D eigenvalue weighted by Gasteiger charge is -2.15. The van der Waals surface area contributed by atoms with Gasteiger partial charge in [0.1, 0.15) is 5.25 Å². The summed E-state index contributed by atoms with van der Waals surface area (Å²) < 4.78 is 0.933. The van der Waals surface area contributed by atoms with Crippen LogP contribution in [-0.4, -0.2) is 70.3 Å². The molecule has 1 heterocycles. The van der Waals surface area contributed by atoms with Crippen molar-refractivity contribution in [3.8, 4) is 0 Å². The number of rotatable bonds is 12. The highest BCUT2D eigenvalue weighted by molar-refractivity contribution is 14.1. The van der Waals surface area contributed by atoms with Crippen molar-refractivity contribution in [2.24, 2.45) is 5.73 Å². The van der Waals surface area contributed by atoms with E-state index < -0.39 is 11.3 Å². The number of amides is 4. The molecule has 180 valence electrons. The first-order chi connectivity index (χ1) is 15.7. The van der Waals surface area contributed by atoms with Crippen LogP contribution in [0.2, 0.25) is 0 Å². The third-order valence-corrected chi connectivity index (χ3v) is 7.09. The lowest BCUT2D eigenvalue weighted by molar-refractivity contribution is -0.138. The Morgan fingerprint density at radius 1 is 1.21 bits per heavy atom. The van der Waals surface area contributed by atoms with Gasteiger partial charge in [-0.2, -0.15) is 12.6 Å². The van der Waals surface area contributed by atoms with Crippen molar-refractivity contribution in [2.45, 2.75) is 37.0 Å². The maximum absolute atomic E-state index is 12.4. The van der Waals surface area contributed by atoms with Crippen LogP contribution < -0.4 is 16.4 Å². The van der Waals surface area contributed by atoms with Crippen LogP contribution in [0.1, 0.15) is 36.0 Å². The molecule has 1 fully saturated rings. The SMILES string of the molecule is N[C@@H](CS)C(=O)SC1CC(=O)N(CCCCCNC(=O)CNC(=O)c2cccc([125I])c2)C1=O. The highest BCUT2D eigenvalue weighted by Gasteiger charge is 2.40. The number of nitrogens with two attached hydrogens (primary N) is 1. The number of nitrogens with one attached hydrogen (secondary N) is 2. The molecule has 4 amide bonds. The zero-order valence-electron chi connectivity index (χ0n) is 17.9. The lowest BCUT2D eigenvalue weighted by atomic mass is 10.2. The summed E-state index contributed by atoms with van der Waals surface area (Å²) in [6, 6.07) is 6.30. The number of hydrogen-bond acceptors (Lipinski definition) is 8. The maximum Gasteiger partial charge on any atom is 0.251 e. The molecule has 0 saturated carbocycles. The van der Waals surface area contributed by atoms with Crippen LogP contribution in [0.25, 0.3) is 0 Å². The molecule has 12 heteroatoms. The summed E-state index contributed by atoms with van der Waals surface area (Å²) in [6.45, 7) is 0.589. The fourth-order valence-corrected chi connectivity index (χ4v) is 4.86. The fraction of sp³-hybridized carbons (Fsp3) is 0.476. The van der Waals surface area contributed by atoms with Crippen LogP contribution in [0.15, 0.2) is 24.3 Å². The van der Waals surface area contributed by atoms with Gasteiger partial charge in [0.2, 0.25) is 22.8 Å². The molecule has 1 unspecified atom stereocenters. The highest BCUT2D eigenvalue weighted by Crippen LogP contribution is 2.26. The van der Waals surface area contributed by atoms with Crippen LogP contribution in [-0.2, 0) is 19.2 Å². The Balaban J connectivity index is 1.60. The Kier molecular flexibility index (Phi) is 11.6. The second kappa shape index (κ2) is 13.9. The molecule has 2 rings (SSSR count). The van der Waals surface area contributed by atoms with E-state index in [1.165, 1.54) is 4.90 Å². The van der Waals surface area contributed by atoms with Gasteiger partial charge in [-0.1, -0.05) is 17.8 Å². The summed E-state index contributed by atoms with van der Waals surface area (Å²) in [5, 5.41) is 4.25. The number of thioether (sulfide) groups is 1. The zero-order chi connectivity index (χ0) is 24.4. The number of carbonyl (C=O) groups is 5. The third-order valence-electron chi connectivity index (χ3n) is 4.84. The van der Waals surface area contributed by atoms with Gasteiger partial charge in [0.25, 0.3) is 5.91 Å². The first-order valence-corrected chi connectivity index (χ1v) is 13.0. The number of likely N-dealkylation sites (tertiary alicyclic amines) is 1. The number of benzene rings is 1. The molecule has 0 spiro atoms. The molecular weight excluding hydrogens is 577 g/mol. The van der Waals surface area contributed by atoms with Crippen LogP contribution in [0.5, 0.6) is 0 Å². The molecule has 1 aromatic rings. The molecule has 0 aliphatic carbocycles. The van der Waals surface area contributed by atoms with Gasteiger partial charge in [-0.3, -0.25) is 28.9 Å². The van der Waals surface area contributed by atoms with E-state index in [0.717, 1.165) is 15.3 Å². The van der Waals surface area contributed by atoms with Gasteiger partial charge in [0, 0.05) is 34.4 Å². The smallest absolute Gasteiger partial charge is 0.251 e. The van der Waals surface area contributed by atoms with Crippen molar-refractivity contribution in [1.82, 2.24) is 15.5 Å². The van der Waals surface area contributed by atoms with E-state index in [2.05, 4.69) is 45.9 Å². The van der Waals surface area contributed by atoms with Gasteiger partial charge in [-0.25, -0.2) is 0 Å². The van der Waals surface area contributed by atoms with E-state index in [0.29, 0.717) is 31.4 Å². The van der Waals surface area contributed by atoms with Crippen molar-refractivity contribution in [3.63, 3.8) is 0 Å². The summed E-state index contributed by atoms with van der Waals surface area (Å²) in [5.41, 5.74) is 6.11. The number of unbranched alkanes of at least 4 members (excludes halogenated alkanes) is 2. The molecular formula is C21H27IN4O5S2. The van der Waals surface area contributed by atoms with E-state index in [1.54, 1.807) is 18.2 Å². The van der Waals surface area contributed by atoms with Crippen molar-refractivity contribution in [1.29, 1.82) is 0 Å². The Morgan fingerprint density at radius 2 is 1.97 bits per heavy atom.